The number of nitrogens with zero attached hydrogens (tertiary/aromatic N) is 2. The van der Waals surface area contributed by atoms with Crippen molar-refractivity contribution in [2.45, 2.75) is 31.4 Å². The fourth-order valence-electron chi connectivity index (χ4n) is 3.45. The standard InChI is InChI=1S/C19H25N3O4/c23-18(20-12-17-13-22(16-5-6-16)19(24)26-17)11-14-1-3-15(4-2-14)21-7-9-25-10-8-21/h1-4,16-17H,5-13H2,(H,20,23). The molecule has 2 saturated heterocycles. The fourth-order valence-corrected chi connectivity index (χ4v) is 3.45. The van der Waals surface area contributed by atoms with Gasteiger partial charge in [0.2, 0.25) is 5.91 Å². The summed E-state index contributed by atoms with van der Waals surface area (Å²) in [7, 11) is 0. The number of cyclic esters (lactones) is 1. The molecule has 0 aromatic heterocycles. The van der Waals surface area contributed by atoms with Gasteiger partial charge in [-0.1, -0.05) is 12.1 Å². The lowest BCUT2D eigenvalue weighted by Crippen LogP contribution is -2.36. The number of carbonyl (C=O) groups is 2. The number of nitrogens with one attached hydrogen (secondary N) is 1. The minimum atomic E-state index is -0.245. The highest BCUT2D eigenvalue weighted by molar-refractivity contribution is 5.79. The lowest BCUT2D eigenvalue weighted by molar-refractivity contribution is -0.120. The van der Waals surface area contributed by atoms with Crippen LogP contribution >= 0.6 is 0 Å². The largest absolute Gasteiger partial charge is 0.442 e. The van der Waals surface area contributed by atoms with Crippen LogP contribution in [0, 0.1) is 0 Å². The molecule has 2 heterocycles. The Morgan fingerprint density at radius 1 is 1.15 bits per heavy atom. The van der Waals surface area contributed by atoms with Gasteiger partial charge in [-0.2, -0.15) is 0 Å². The van der Waals surface area contributed by atoms with Crippen molar-refractivity contribution in [3.63, 3.8) is 0 Å². The molecule has 140 valence electrons. The molecule has 1 unspecified atom stereocenters. The van der Waals surface area contributed by atoms with Crippen LogP contribution in [0.3, 0.4) is 0 Å². The van der Waals surface area contributed by atoms with Crippen LogP contribution in [0.4, 0.5) is 10.5 Å². The number of amides is 2. The van der Waals surface area contributed by atoms with E-state index in [1.165, 1.54) is 0 Å². The predicted molar refractivity (Wildman–Crippen MR) is 96.2 cm³/mol. The van der Waals surface area contributed by atoms with Gasteiger partial charge in [0.25, 0.3) is 0 Å². The molecule has 1 atom stereocenters. The molecule has 0 bridgehead atoms. The Balaban J connectivity index is 1.22. The molecule has 1 N–H and O–H groups in total. The molecule has 1 aromatic carbocycles. The van der Waals surface area contributed by atoms with E-state index < -0.39 is 0 Å². The zero-order valence-corrected chi connectivity index (χ0v) is 14.9. The summed E-state index contributed by atoms with van der Waals surface area (Å²) in [5, 5.41) is 2.88. The lowest BCUT2D eigenvalue weighted by atomic mass is 10.1. The minimum Gasteiger partial charge on any atom is -0.442 e. The molecule has 7 nitrogen and oxygen atoms in total. The van der Waals surface area contributed by atoms with Gasteiger partial charge in [0.15, 0.2) is 0 Å². The van der Waals surface area contributed by atoms with Gasteiger partial charge < -0.3 is 24.6 Å². The summed E-state index contributed by atoms with van der Waals surface area (Å²) >= 11 is 0. The number of morpholine rings is 1. The predicted octanol–water partition coefficient (Wildman–Crippen LogP) is 1.17. The number of ether oxygens (including phenoxy) is 2. The zero-order valence-electron chi connectivity index (χ0n) is 14.9. The fraction of sp³-hybridized carbons (Fsp3) is 0.579. The van der Waals surface area contributed by atoms with Gasteiger partial charge in [-0.05, 0) is 30.5 Å². The Hall–Kier alpha value is -2.28. The van der Waals surface area contributed by atoms with E-state index in [0.29, 0.717) is 25.6 Å². The summed E-state index contributed by atoms with van der Waals surface area (Å²) in [5.74, 6) is -0.0509. The molecule has 1 aliphatic carbocycles. The molecule has 3 fully saturated rings. The molecular formula is C19H25N3O4. The third kappa shape index (κ3) is 4.09. The highest BCUT2D eigenvalue weighted by Gasteiger charge is 2.40. The Kier molecular flexibility index (Phi) is 4.97. The maximum atomic E-state index is 12.2. The van der Waals surface area contributed by atoms with Gasteiger partial charge in [-0.25, -0.2) is 4.79 Å². The smallest absolute Gasteiger partial charge is 0.410 e. The van der Waals surface area contributed by atoms with Crippen LogP contribution < -0.4 is 10.2 Å². The average Bonchev–Trinajstić information content (AvgIpc) is 3.44. The Labute approximate surface area is 153 Å². The minimum absolute atomic E-state index is 0.0509. The zero-order chi connectivity index (χ0) is 17.9. The van der Waals surface area contributed by atoms with Crippen molar-refractivity contribution in [1.29, 1.82) is 0 Å². The molecule has 4 rings (SSSR count). The first kappa shape index (κ1) is 17.1. The van der Waals surface area contributed by atoms with E-state index in [-0.39, 0.29) is 18.1 Å². The first-order chi connectivity index (χ1) is 12.7. The molecule has 0 spiro atoms. The average molecular weight is 359 g/mol. The van der Waals surface area contributed by atoms with Crippen molar-refractivity contribution in [2.24, 2.45) is 0 Å². The first-order valence-corrected chi connectivity index (χ1v) is 9.34. The van der Waals surface area contributed by atoms with Gasteiger partial charge in [0.1, 0.15) is 6.10 Å². The second-order valence-electron chi connectivity index (χ2n) is 7.14. The van der Waals surface area contributed by atoms with Crippen molar-refractivity contribution >= 4 is 17.7 Å². The number of hydrogen-bond donors (Lipinski definition) is 1. The van der Waals surface area contributed by atoms with E-state index in [1.54, 1.807) is 4.90 Å². The maximum Gasteiger partial charge on any atom is 0.410 e. The van der Waals surface area contributed by atoms with E-state index in [4.69, 9.17) is 9.47 Å². The molecule has 2 amide bonds. The maximum absolute atomic E-state index is 12.2. The second kappa shape index (κ2) is 7.53. The van der Waals surface area contributed by atoms with Gasteiger partial charge in [0, 0.05) is 24.8 Å². The van der Waals surface area contributed by atoms with Crippen LogP contribution in [0.5, 0.6) is 0 Å². The number of rotatable bonds is 6. The summed E-state index contributed by atoms with van der Waals surface area (Å²) in [6.07, 6.45) is 1.97. The Morgan fingerprint density at radius 2 is 1.88 bits per heavy atom. The molecule has 26 heavy (non-hydrogen) atoms. The van der Waals surface area contributed by atoms with Crippen molar-refractivity contribution < 1.29 is 19.1 Å². The SMILES string of the molecule is O=C(Cc1ccc(N2CCOCC2)cc1)NCC1CN(C2CC2)C(=O)O1. The Bertz CT molecular complexity index is 653. The molecule has 1 aromatic rings. The van der Waals surface area contributed by atoms with Crippen molar-refractivity contribution in [2.75, 3.05) is 44.3 Å². The van der Waals surface area contributed by atoms with Crippen LogP contribution in [0.25, 0.3) is 0 Å². The monoisotopic (exact) mass is 359 g/mol. The first-order valence-electron chi connectivity index (χ1n) is 9.34. The van der Waals surface area contributed by atoms with E-state index in [2.05, 4.69) is 22.3 Å². The number of anilines is 1. The summed E-state index contributed by atoms with van der Waals surface area (Å²) in [4.78, 5) is 28.0. The number of hydrogen-bond acceptors (Lipinski definition) is 5. The molecular weight excluding hydrogens is 334 g/mol. The van der Waals surface area contributed by atoms with Crippen LogP contribution in [-0.4, -0.2) is 68.4 Å². The van der Waals surface area contributed by atoms with E-state index in [0.717, 1.165) is 50.4 Å². The van der Waals surface area contributed by atoms with Crippen molar-refractivity contribution in [1.82, 2.24) is 10.2 Å². The summed E-state index contributed by atoms with van der Waals surface area (Å²) in [5.41, 5.74) is 2.14. The third-order valence-corrected chi connectivity index (χ3v) is 5.09. The number of carbonyl (C=O) groups excluding carboxylic acids is 2. The Morgan fingerprint density at radius 3 is 2.58 bits per heavy atom. The highest BCUT2D eigenvalue weighted by atomic mass is 16.6. The lowest BCUT2D eigenvalue weighted by Gasteiger charge is -2.28. The van der Waals surface area contributed by atoms with Crippen LogP contribution in [-0.2, 0) is 20.7 Å². The van der Waals surface area contributed by atoms with Crippen LogP contribution in [0.1, 0.15) is 18.4 Å². The molecule has 1 saturated carbocycles. The topological polar surface area (TPSA) is 71.1 Å². The quantitative estimate of drug-likeness (QED) is 0.825. The van der Waals surface area contributed by atoms with Crippen LogP contribution in [0.2, 0.25) is 0 Å². The molecule has 3 aliphatic rings. The van der Waals surface area contributed by atoms with E-state index in [9.17, 15) is 9.59 Å². The van der Waals surface area contributed by atoms with Gasteiger partial charge in [0.05, 0.1) is 32.7 Å². The van der Waals surface area contributed by atoms with Gasteiger partial charge >= 0.3 is 6.09 Å². The molecule has 0 radical (unpaired) electrons. The second-order valence-corrected chi connectivity index (χ2v) is 7.14. The van der Waals surface area contributed by atoms with Crippen LogP contribution in [0.15, 0.2) is 24.3 Å². The van der Waals surface area contributed by atoms with Crippen molar-refractivity contribution in [3.8, 4) is 0 Å². The molecule has 2 aliphatic heterocycles. The molecule has 7 heteroatoms. The summed E-state index contributed by atoms with van der Waals surface area (Å²) in [6.45, 7) is 4.27. The van der Waals surface area contributed by atoms with E-state index >= 15 is 0 Å². The highest BCUT2D eigenvalue weighted by Crippen LogP contribution is 2.30. The van der Waals surface area contributed by atoms with Gasteiger partial charge in [-0.15, -0.1) is 0 Å². The van der Waals surface area contributed by atoms with Gasteiger partial charge in [-0.3, -0.25) is 4.79 Å². The normalized spacial score (nSPS) is 23.1. The van der Waals surface area contributed by atoms with E-state index in [1.807, 2.05) is 12.1 Å². The number of benzene rings is 1. The summed E-state index contributed by atoms with van der Waals surface area (Å²) in [6, 6.07) is 8.46. The summed E-state index contributed by atoms with van der Waals surface area (Å²) < 4.78 is 10.7. The third-order valence-electron chi connectivity index (χ3n) is 5.09. The van der Waals surface area contributed by atoms with Crippen molar-refractivity contribution in [3.05, 3.63) is 29.8 Å².